The average Bonchev–Trinajstić information content (AvgIpc) is 2.17. The summed E-state index contributed by atoms with van der Waals surface area (Å²) in [6.07, 6.45) is 0. The monoisotopic (exact) mass is 207 g/mol. The highest BCUT2D eigenvalue weighted by molar-refractivity contribution is 5.89. The van der Waals surface area contributed by atoms with Crippen LogP contribution in [0.2, 0.25) is 0 Å². The van der Waals surface area contributed by atoms with Crippen molar-refractivity contribution in [2.45, 2.75) is 13.5 Å². The van der Waals surface area contributed by atoms with E-state index in [9.17, 15) is 4.79 Å². The van der Waals surface area contributed by atoms with Crippen molar-refractivity contribution in [2.24, 2.45) is 0 Å². The third kappa shape index (κ3) is 3.72. The van der Waals surface area contributed by atoms with Gasteiger partial charge in [-0.05, 0) is 38.7 Å². The first-order valence-electron chi connectivity index (χ1n) is 5.04. The predicted octanol–water partition coefficient (Wildman–Crippen LogP) is 1.92. The van der Waals surface area contributed by atoms with Crippen LogP contribution in [0.1, 0.15) is 22.8 Å². The SMILES string of the molecule is CCOC(=O)c1cccc(CN(C)C)c1. The molecule has 0 saturated heterocycles. The Morgan fingerprint density at radius 1 is 1.40 bits per heavy atom. The number of nitrogens with zero attached hydrogens (tertiary/aromatic N) is 1. The molecule has 82 valence electrons. The number of ether oxygens (including phenoxy) is 1. The van der Waals surface area contributed by atoms with Gasteiger partial charge in [0.15, 0.2) is 0 Å². The van der Waals surface area contributed by atoms with Crippen LogP contribution in [0.3, 0.4) is 0 Å². The molecule has 0 radical (unpaired) electrons. The van der Waals surface area contributed by atoms with Gasteiger partial charge in [0.2, 0.25) is 0 Å². The molecular weight excluding hydrogens is 190 g/mol. The van der Waals surface area contributed by atoms with Crippen LogP contribution in [0, 0.1) is 0 Å². The molecule has 1 aromatic rings. The lowest BCUT2D eigenvalue weighted by Crippen LogP contribution is -2.11. The third-order valence-corrected chi connectivity index (χ3v) is 1.94. The Hall–Kier alpha value is -1.35. The van der Waals surface area contributed by atoms with Crippen LogP contribution in [-0.2, 0) is 11.3 Å². The second-order valence-corrected chi connectivity index (χ2v) is 3.66. The zero-order chi connectivity index (χ0) is 11.3. The highest BCUT2D eigenvalue weighted by atomic mass is 16.5. The Morgan fingerprint density at radius 3 is 2.73 bits per heavy atom. The molecule has 0 aliphatic heterocycles. The second kappa shape index (κ2) is 5.51. The minimum absolute atomic E-state index is 0.252. The number of carbonyl (C=O) groups is 1. The van der Waals surface area contributed by atoms with Gasteiger partial charge in [0.05, 0.1) is 12.2 Å². The smallest absolute Gasteiger partial charge is 0.338 e. The van der Waals surface area contributed by atoms with Crippen molar-refractivity contribution in [1.82, 2.24) is 4.90 Å². The molecule has 0 aliphatic rings. The van der Waals surface area contributed by atoms with Crippen LogP contribution in [0.15, 0.2) is 24.3 Å². The molecule has 0 unspecified atom stereocenters. The van der Waals surface area contributed by atoms with Gasteiger partial charge in [-0.25, -0.2) is 4.79 Å². The number of benzene rings is 1. The summed E-state index contributed by atoms with van der Waals surface area (Å²) in [7, 11) is 3.99. The number of rotatable bonds is 4. The summed E-state index contributed by atoms with van der Waals surface area (Å²) in [5.74, 6) is -0.252. The summed E-state index contributed by atoms with van der Waals surface area (Å²) < 4.78 is 4.94. The molecule has 0 aliphatic carbocycles. The van der Waals surface area contributed by atoms with E-state index in [1.165, 1.54) is 0 Å². The summed E-state index contributed by atoms with van der Waals surface area (Å²) in [6.45, 7) is 3.05. The maximum absolute atomic E-state index is 11.4. The highest BCUT2D eigenvalue weighted by Gasteiger charge is 2.06. The van der Waals surface area contributed by atoms with Crippen molar-refractivity contribution in [2.75, 3.05) is 20.7 Å². The van der Waals surface area contributed by atoms with E-state index in [1.54, 1.807) is 6.07 Å². The molecule has 1 aromatic carbocycles. The zero-order valence-electron chi connectivity index (χ0n) is 9.49. The first kappa shape index (κ1) is 11.7. The maximum atomic E-state index is 11.4. The van der Waals surface area contributed by atoms with Gasteiger partial charge in [-0.1, -0.05) is 12.1 Å². The molecule has 0 fully saturated rings. The number of esters is 1. The van der Waals surface area contributed by atoms with Gasteiger partial charge >= 0.3 is 5.97 Å². The second-order valence-electron chi connectivity index (χ2n) is 3.66. The largest absolute Gasteiger partial charge is 0.462 e. The molecular formula is C12H17NO2. The third-order valence-electron chi connectivity index (χ3n) is 1.94. The summed E-state index contributed by atoms with van der Waals surface area (Å²) in [6, 6.07) is 7.53. The molecule has 1 rings (SSSR count). The normalized spacial score (nSPS) is 10.4. The first-order chi connectivity index (χ1) is 7.13. The van der Waals surface area contributed by atoms with Crippen LogP contribution < -0.4 is 0 Å². The van der Waals surface area contributed by atoms with Gasteiger partial charge in [0, 0.05) is 6.54 Å². The fourth-order valence-electron chi connectivity index (χ4n) is 1.38. The van der Waals surface area contributed by atoms with Crippen LogP contribution in [0.25, 0.3) is 0 Å². The van der Waals surface area contributed by atoms with E-state index in [4.69, 9.17) is 4.74 Å². The minimum Gasteiger partial charge on any atom is -0.462 e. The Labute approximate surface area is 90.7 Å². The van der Waals surface area contributed by atoms with Crippen molar-refractivity contribution >= 4 is 5.97 Å². The number of hydrogen-bond acceptors (Lipinski definition) is 3. The van der Waals surface area contributed by atoms with Crippen molar-refractivity contribution in [3.8, 4) is 0 Å². The van der Waals surface area contributed by atoms with Crippen molar-refractivity contribution in [3.63, 3.8) is 0 Å². The molecule has 15 heavy (non-hydrogen) atoms. The lowest BCUT2D eigenvalue weighted by atomic mass is 10.1. The number of carbonyl (C=O) groups excluding carboxylic acids is 1. The quantitative estimate of drug-likeness (QED) is 0.706. The molecule has 0 amide bonds. The molecule has 0 heterocycles. The van der Waals surface area contributed by atoms with Crippen molar-refractivity contribution in [3.05, 3.63) is 35.4 Å². The van der Waals surface area contributed by atoms with E-state index < -0.39 is 0 Å². The highest BCUT2D eigenvalue weighted by Crippen LogP contribution is 2.08. The van der Waals surface area contributed by atoms with E-state index in [0.717, 1.165) is 12.1 Å². The molecule has 0 spiro atoms. The summed E-state index contributed by atoms with van der Waals surface area (Å²) >= 11 is 0. The Bertz CT molecular complexity index is 334. The van der Waals surface area contributed by atoms with Crippen molar-refractivity contribution < 1.29 is 9.53 Å². The molecule has 0 N–H and O–H groups in total. The minimum atomic E-state index is -0.252. The van der Waals surface area contributed by atoms with E-state index in [1.807, 2.05) is 39.2 Å². The van der Waals surface area contributed by atoms with E-state index in [-0.39, 0.29) is 5.97 Å². The van der Waals surface area contributed by atoms with Gasteiger partial charge in [-0.2, -0.15) is 0 Å². The Balaban J connectivity index is 2.78. The fourth-order valence-corrected chi connectivity index (χ4v) is 1.38. The summed E-state index contributed by atoms with van der Waals surface area (Å²) in [4.78, 5) is 13.5. The molecule has 0 saturated carbocycles. The van der Waals surface area contributed by atoms with E-state index >= 15 is 0 Å². The number of hydrogen-bond donors (Lipinski definition) is 0. The predicted molar refractivity (Wildman–Crippen MR) is 59.8 cm³/mol. The standard InChI is InChI=1S/C12H17NO2/c1-4-15-12(14)11-7-5-6-10(8-11)9-13(2)3/h5-8H,4,9H2,1-3H3. The Kier molecular flexibility index (Phi) is 4.31. The summed E-state index contributed by atoms with van der Waals surface area (Å²) in [5.41, 5.74) is 1.74. The fraction of sp³-hybridized carbons (Fsp3) is 0.417. The first-order valence-corrected chi connectivity index (χ1v) is 5.04. The van der Waals surface area contributed by atoms with Crippen LogP contribution >= 0.6 is 0 Å². The Morgan fingerprint density at radius 2 is 2.13 bits per heavy atom. The molecule has 0 atom stereocenters. The average molecular weight is 207 g/mol. The molecule has 0 aromatic heterocycles. The molecule has 3 nitrogen and oxygen atoms in total. The van der Waals surface area contributed by atoms with E-state index in [2.05, 4.69) is 4.90 Å². The van der Waals surface area contributed by atoms with Crippen molar-refractivity contribution in [1.29, 1.82) is 0 Å². The van der Waals surface area contributed by atoms with Crippen LogP contribution in [-0.4, -0.2) is 31.6 Å². The van der Waals surface area contributed by atoms with Gasteiger partial charge < -0.3 is 9.64 Å². The van der Waals surface area contributed by atoms with Gasteiger partial charge in [-0.15, -0.1) is 0 Å². The van der Waals surface area contributed by atoms with Crippen LogP contribution in [0.4, 0.5) is 0 Å². The topological polar surface area (TPSA) is 29.5 Å². The van der Waals surface area contributed by atoms with Crippen LogP contribution in [0.5, 0.6) is 0 Å². The molecule has 0 bridgehead atoms. The van der Waals surface area contributed by atoms with Gasteiger partial charge in [0.1, 0.15) is 0 Å². The van der Waals surface area contributed by atoms with Gasteiger partial charge in [0.25, 0.3) is 0 Å². The lowest BCUT2D eigenvalue weighted by Gasteiger charge is -2.10. The summed E-state index contributed by atoms with van der Waals surface area (Å²) in [5, 5.41) is 0. The lowest BCUT2D eigenvalue weighted by molar-refractivity contribution is 0.0526. The van der Waals surface area contributed by atoms with Gasteiger partial charge in [-0.3, -0.25) is 0 Å². The zero-order valence-corrected chi connectivity index (χ0v) is 9.49. The molecule has 3 heteroatoms. The van der Waals surface area contributed by atoms with E-state index in [0.29, 0.717) is 12.2 Å². The maximum Gasteiger partial charge on any atom is 0.338 e.